The van der Waals surface area contributed by atoms with Crippen molar-refractivity contribution >= 4 is 46.3 Å². The Labute approximate surface area is 160 Å². The first-order chi connectivity index (χ1) is 12.4. The standard InChI is InChI=1S/C19H15NO4S2/c1-3-9-20-17(21)16(26-19(20)25)10-12-7-8-15(24-12)13-5-4-6-14(11(13)2)18(22)23/h3-8,10H,1,9H2,2H3,(H,22,23). The number of hydrogen-bond donors (Lipinski definition) is 1. The third-order valence-corrected chi connectivity index (χ3v) is 5.29. The molecule has 1 amide bonds. The molecule has 0 aliphatic carbocycles. The first kappa shape index (κ1) is 18.2. The molecular formula is C19H15NO4S2. The number of carbonyl (C=O) groups is 2. The summed E-state index contributed by atoms with van der Waals surface area (Å²) < 4.78 is 6.29. The summed E-state index contributed by atoms with van der Waals surface area (Å²) in [6.07, 6.45) is 3.26. The number of furan rings is 1. The van der Waals surface area contributed by atoms with Crippen molar-refractivity contribution in [3.63, 3.8) is 0 Å². The predicted octanol–water partition coefficient (Wildman–Crippen LogP) is 4.34. The number of nitrogens with zero attached hydrogens (tertiary/aromatic N) is 1. The van der Waals surface area contributed by atoms with Crippen LogP contribution in [0.15, 0.2) is 52.3 Å². The minimum Gasteiger partial charge on any atom is -0.478 e. The molecule has 0 atom stereocenters. The van der Waals surface area contributed by atoms with Crippen LogP contribution in [0.4, 0.5) is 0 Å². The van der Waals surface area contributed by atoms with E-state index in [2.05, 4.69) is 6.58 Å². The Hall–Kier alpha value is -2.64. The number of carboxylic acid groups (broad SMARTS) is 1. The number of carboxylic acids is 1. The topological polar surface area (TPSA) is 70.8 Å². The minimum atomic E-state index is -0.984. The fourth-order valence-electron chi connectivity index (χ4n) is 2.63. The molecule has 1 fully saturated rings. The van der Waals surface area contributed by atoms with E-state index >= 15 is 0 Å². The highest BCUT2D eigenvalue weighted by molar-refractivity contribution is 8.26. The average Bonchev–Trinajstić information content (AvgIpc) is 3.15. The molecular weight excluding hydrogens is 370 g/mol. The van der Waals surface area contributed by atoms with Crippen molar-refractivity contribution in [2.45, 2.75) is 6.92 Å². The Bertz CT molecular complexity index is 958. The number of carbonyl (C=O) groups excluding carboxylic acids is 1. The molecule has 0 saturated carbocycles. The van der Waals surface area contributed by atoms with Crippen LogP contribution in [0.25, 0.3) is 17.4 Å². The van der Waals surface area contributed by atoms with Gasteiger partial charge in [0.15, 0.2) is 0 Å². The zero-order valence-electron chi connectivity index (χ0n) is 13.9. The van der Waals surface area contributed by atoms with Crippen molar-refractivity contribution in [3.05, 3.63) is 64.8 Å². The van der Waals surface area contributed by atoms with Crippen molar-refractivity contribution in [3.8, 4) is 11.3 Å². The van der Waals surface area contributed by atoms with Crippen molar-refractivity contribution < 1.29 is 19.1 Å². The van der Waals surface area contributed by atoms with Crippen molar-refractivity contribution in [2.24, 2.45) is 0 Å². The van der Waals surface area contributed by atoms with Gasteiger partial charge in [0, 0.05) is 18.2 Å². The molecule has 1 aromatic heterocycles. The molecule has 1 N–H and O–H groups in total. The van der Waals surface area contributed by atoms with Crippen LogP contribution in [0.3, 0.4) is 0 Å². The summed E-state index contributed by atoms with van der Waals surface area (Å²) in [7, 11) is 0. The van der Waals surface area contributed by atoms with Gasteiger partial charge in [0.05, 0.1) is 10.5 Å². The van der Waals surface area contributed by atoms with Gasteiger partial charge >= 0.3 is 5.97 Å². The van der Waals surface area contributed by atoms with Gasteiger partial charge in [-0.15, -0.1) is 6.58 Å². The van der Waals surface area contributed by atoms with Crippen molar-refractivity contribution in [1.29, 1.82) is 0 Å². The Balaban J connectivity index is 1.91. The largest absolute Gasteiger partial charge is 0.478 e. The van der Waals surface area contributed by atoms with E-state index in [1.54, 1.807) is 49.4 Å². The molecule has 7 heteroatoms. The van der Waals surface area contributed by atoms with Gasteiger partial charge in [0.25, 0.3) is 5.91 Å². The van der Waals surface area contributed by atoms with Crippen molar-refractivity contribution in [1.82, 2.24) is 4.90 Å². The van der Waals surface area contributed by atoms with Gasteiger partial charge < -0.3 is 9.52 Å². The maximum absolute atomic E-state index is 12.4. The number of aromatic carboxylic acids is 1. The molecule has 0 spiro atoms. The van der Waals surface area contributed by atoms with Gasteiger partial charge in [-0.05, 0) is 30.7 Å². The lowest BCUT2D eigenvalue weighted by Gasteiger charge is -2.10. The summed E-state index contributed by atoms with van der Waals surface area (Å²) >= 11 is 6.42. The summed E-state index contributed by atoms with van der Waals surface area (Å²) in [6.45, 7) is 5.73. The number of benzene rings is 1. The Morgan fingerprint density at radius 2 is 2.15 bits per heavy atom. The highest BCUT2D eigenvalue weighted by atomic mass is 32.2. The molecule has 2 heterocycles. The lowest BCUT2D eigenvalue weighted by Crippen LogP contribution is -2.27. The monoisotopic (exact) mass is 385 g/mol. The van der Waals surface area contributed by atoms with Crippen LogP contribution in [0, 0.1) is 6.92 Å². The Morgan fingerprint density at radius 1 is 1.38 bits per heavy atom. The number of amides is 1. The number of rotatable bonds is 5. The van der Waals surface area contributed by atoms with E-state index in [0.29, 0.717) is 38.4 Å². The van der Waals surface area contributed by atoms with Crippen molar-refractivity contribution in [2.75, 3.05) is 6.54 Å². The molecule has 1 aromatic carbocycles. The highest BCUT2D eigenvalue weighted by Gasteiger charge is 2.31. The molecule has 3 rings (SSSR count). The van der Waals surface area contributed by atoms with Crippen LogP contribution in [-0.2, 0) is 4.79 Å². The molecule has 0 bridgehead atoms. The number of hydrogen-bond acceptors (Lipinski definition) is 5. The van der Waals surface area contributed by atoms with E-state index in [9.17, 15) is 14.7 Å². The first-order valence-corrected chi connectivity index (χ1v) is 8.94. The maximum atomic E-state index is 12.4. The second-order valence-corrected chi connectivity index (χ2v) is 7.24. The molecule has 2 aromatic rings. The van der Waals surface area contributed by atoms with E-state index < -0.39 is 5.97 Å². The van der Waals surface area contributed by atoms with Crippen LogP contribution in [0.1, 0.15) is 21.7 Å². The fraction of sp³-hybridized carbons (Fsp3) is 0.105. The average molecular weight is 385 g/mol. The molecule has 1 saturated heterocycles. The molecule has 1 aliphatic heterocycles. The smallest absolute Gasteiger partial charge is 0.335 e. The Kier molecular flexibility index (Phi) is 5.11. The molecule has 5 nitrogen and oxygen atoms in total. The predicted molar refractivity (Wildman–Crippen MR) is 106 cm³/mol. The second kappa shape index (κ2) is 7.31. The van der Waals surface area contributed by atoms with E-state index in [4.69, 9.17) is 16.6 Å². The zero-order valence-corrected chi connectivity index (χ0v) is 15.5. The van der Waals surface area contributed by atoms with Crippen LogP contribution < -0.4 is 0 Å². The van der Waals surface area contributed by atoms with Gasteiger partial charge in [0.2, 0.25) is 0 Å². The Morgan fingerprint density at radius 3 is 2.85 bits per heavy atom. The summed E-state index contributed by atoms with van der Waals surface area (Å²) in [5.74, 6) is -0.124. The molecule has 132 valence electrons. The third-order valence-electron chi connectivity index (χ3n) is 3.92. The molecule has 0 unspecified atom stereocenters. The van der Waals surface area contributed by atoms with E-state index in [-0.39, 0.29) is 11.5 Å². The third kappa shape index (κ3) is 3.36. The van der Waals surface area contributed by atoms with Gasteiger partial charge in [-0.1, -0.05) is 42.2 Å². The SMILES string of the molecule is C=CCN1C(=O)C(=Cc2ccc(-c3cccc(C(=O)O)c3C)o2)SC1=S. The zero-order chi connectivity index (χ0) is 18.8. The van der Waals surface area contributed by atoms with Gasteiger partial charge in [-0.25, -0.2) is 4.79 Å². The number of thioether (sulfide) groups is 1. The van der Waals surface area contributed by atoms with E-state index in [1.165, 1.54) is 16.7 Å². The van der Waals surface area contributed by atoms with Gasteiger partial charge in [0.1, 0.15) is 15.8 Å². The quantitative estimate of drug-likeness (QED) is 0.469. The lowest BCUT2D eigenvalue weighted by molar-refractivity contribution is -0.121. The lowest BCUT2D eigenvalue weighted by atomic mass is 10.0. The van der Waals surface area contributed by atoms with Crippen LogP contribution in [-0.4, -0.2) is 32.7 Å². The van der Waals surface area contributed by atoms with Gasteiger partial charge in [-0.3, -0.25) is 9.69 Å². The van der Waals surface area contributed by atoms with E-state index in [1.807, 2.05) is 0 Å². The summed E-state index contributed by atoms with van der Waals surface area (Å²) in [4.78, 5) is 25.6. The minimum absolute atomic E-state index is 0.179. The summed E-state index contributed by atoms with van der Waals surface area (Å²) in [6, 6.07) is 8.52. The van der Waals surface area contributed by atoms with E-state index in [0.717, 1.165) is 0 Å². The summed E-state index contributed by atoms with van der Waals surface area (Å²) in [5, 5.41) is 9.25. The fourth-order valence-corrected chi connectivity index (χ4v) is 3.88. The van der Waals surface area contributed by atoms with Gasteiger partial charge in [-0.2, -0.15) is 0 Å². The maximum Gasteiger partial charge on any atom is 0.335 e. The highest BCUT2D eigenvalue weighted by Crippen LogP contribution is 2.34. The molecule has 26 heavy (non-hydrogen) atoms. The number of thiocarbonyl (C=S) groups is 1. The second-order valence-electron chi connectivity index (χ2n) is 5.57. The first-order valence-electron chi connectivity index (χ1n) is 7.71. The van der Waals surface area contributed by atoms with Crippen LogP contribution in [0.2, 0.25) is 0 Å². The van der Waals surface area contributed by atoms with Crippen LogP contribution >= 0.6 is 24.0 Å². The normalized spacial score (nSPS) is 15.7. The molecule has 1 aliphatic rings. The van der Waals surface area contributed by atoms with Crippen LogP contribution in [0.5, 0.6) is 0 Å². The summed E-state index contributed by atoms with van der Waals surface area (Å²) in [5.41, 5.74) is 1.55. The molecule has 0 radical (unpaired) electrons.